The van der Waals surface area contributed by atoms with E-state index in [1.165, 1.54) is 5.69 Å². The maximum Gasteiger partial charge on any atom is 0.262 e. The van der Waals surface area contributed by atoms with E-state index in [0.717, 1.165) is 94.6 Å². The van der Waals surface area contributed by atoms with Gasteiger partial charge in [-0.3, -0.25) is 34.3 Å². The number of nitrogens with one attached hydrogen (secondary N) is 1. The molecule has 2 fully saturated rings. The van der Waals surface area contributed by atoms with Gasteiger partial charge in [0.25, 0.3) is 11.8 Å². The molecular formula is C43H38N4O5. The molecule has 0 saturated carbocycles. The monoisotopic (exact) mass is 690 g/mol. The molecule has 4 aliphatic heterocycles. The fraction of sp³-hybridized carbons (Fsp3) is 0.256. The molecule has 52 heavy (non-hydrogen) atoms. The van der Waals surface area contributed by atoms with Crippen LogP contribution in [0.25, 0.3) is 33.0 Å². The van der Waals surface area contributed by atoms with Crippen molar-refractivity contribution >= 4 is 40.1 Å². The average Bonchev–Trinajstić information content (AvgIpc) is 3.66. The average molecular weight is 691 g/mol. The summed E-state index contributed by atoms with van der Waals surface area (Å²) in [4.78, 5) is 56.6. The van der Waals surface area contributed by atoms with Crippen molar-refractivity contribution in [3.8, 4) is 28.0 Å². The summed E-state index contributed by atoms with van der Waals surface area (Å²) in [5.41, 5.74) is 8.64. The molecule has 5 aromatic rings. The van der Waals surface area contributed by atoms with Crippen LogP contribution < -0.4 is 10.2 Å². The Morgan fingerprint density at radius 2 is 1.38 bits per heavy atom. The highest BCUT2D eigenvalue weighted by atomic mass is 16.3. The first kappa shape index (κ1) is 32.1. The second kappa shape index (κ2) is 12.8. The molecule has 5 aromatic carbocycles. The number of anilines is 1. The van der Waals surface area contributed by atoms with Crippen molar-refractivity contribution in [3.05, 3.63) is 119 Å². The number of benzene rings is 5. The summed E-state index contributed by atoms with van der Waals surface area (Å²) in [7, 11) is 0. The van der Waals surface area contributed by atoms with Crippen LogP contribution in [0.2, 0.25) is 0 Å². The number of hydrogen-bond acceptors (Lipinski definition) is 7. The van der Waals surface area contributed by atoms with E-state index in [9.17, 15) is 24.3 Å². The number of nitrogens with zero attached hydrogens (tertiary/aromatic N) is 3. The van der Waals surface area contributed by atoms with Crippen molar-refractivity contribution in [2.24, 2.45) is 5.92 Å². The SMILES string of the molecule is O=C1CCC(N2C(=O)c3cc4c(cc3C2=O)CN(CC2CCN(c3ccc(-c5c(-c6ccccc6)ccc6cc(O)ccc56)cc3)CC2)C4)C(=O)N1. The molecule has 2 N–H and O–H groups in total. The molecule has 9 rings (SSSR count). The quantitative estimate of drug-likeness (QED) is 0.196. The minimum Gasteiger partial charge on any atom is -0.508 e. The number of fused-ring (bicyclic) bond motifs is 3. The number of piperidine rings is 2. The largest absolute Gasteiger partial charge is 0.508 e. The Labute approximate surface area is 301 Å². The van der Waals surface area contributed by atoms with Crippen LogP contribution >= 0.6 is 0 Å². The smallest absolute Gasteiger partial charge is 0.262 e. The molecule has 260 valence electrons. The molecule has 4 amide bonds. The Morgan fingerprint density at radius 1 is 0.692 bits per heavy atom. The summed E-state index contributed by atoms with van der Waals surface area (Å²) in [6, 6.07) is 31.8. The molecule has 1 atom stereocenters. The van der Waals surface area contributed by atoms with Crippen molar-refractivity contribution in [1.29, 1.82) is 0 Å². The Morgan fingerprint density at radius 3 is 2.06 bits per heavy atom. The van der Waals surface area contributed by atoms with E-state index in [-0.39, 0.29) is 24.5 Å². The fourth-order valence-corrected chi connectivity index (χ4v) is 8.63. The lowest BCUT2D eigenvalue weighted by Crippen LogP contribution is -2.54. The number of imide groups is 2. The first-order chi connectivity index (χ1) is 25.3. The van der Waals surface area contributed by atoms with Crippen LogP contribution in [0.15, 0.2) is 97.1 Å². The van der Waals surface area contributed by atoms with Crippen molar-refractivity contribution in [3.63, 3.8) is 0 Å². The number of carbonyl (C=O) groups excluding carboxylic acids is 4. The van der Waals surface area contributed by atoms with Gasteiger partial charge in [-0.2, -0.15) is 0 Å². The highest BCUT2D eigenvalue weighted by molar-refractivity contribution is 6.23. The number of amides is 4. The highest BCUT2D eigenvalue weighted by Gasteiger charge is 2.45. The third-order valence-corrected chi connectivity index (χ3v) is 11.3. The minimum absolute atomic E-state index is 0.107. The molecule has 0 spiro atoms. The van der Waals surface area contributed by atoms with Crippen molar-refractivity contribution in [1.82, 2.24) is 15.1 Å². The van der Waals surface area contributed by atoms with E-state index in [2.05, 4.69) is 75.8 Å². The summed E-state index contributed by atoms with van der Waals surface area (Å²) < 4.78 is 0. The lowest BCUT2D eigenvalue weighted by Gasteiger charge is -2.35. The van der Waals surface area contributed by atoms with Crippen LogP contribution in [0.1, 0.15) is 57.5 Å². The summed E-state index contributed by atoms with van der Waals surface area (Å²) in [5.74, 6) is -1.07. The van der Waals surface area contributed by atoms with Gasteiger partial charge < -0.3 is 10.0 Å². The first-order valence-electron chi connectivity index (χ1n) is 18.1. The van der Waals surface area contributed by atoms with Gasteiger partial charge in [0.05, 0.1) is 11.1 Å². The Bertz CT molecular complexity index is 2230. The zero-order valence-corrected chi connectivity index (χ0v) is 28.7. The number of phenols is 1. The molecule has 9 nitrogen and oxygen atoms in total. The predicted molar refractivity (Wildman–Crippen MR) is 199 cm³/mol. The van der Waals surface area contributed by atoms with Gasteiger partial charge in [0.1, 0.15) is 11.8 Å². The minimum atomic E-state index is -0.951. The van der Waals surface area contributed by atoms with Crippen LogP contribution in [0.5, 0.6) is 5.75 Å². The number of hydrogen-bond donors (Lipinski definition) is 2. The summed E-state index contributed by atoms with van der Waals surface area (Å²) in [6.45, 7) is 4.35. The van der Waals surface area contributed by atoms with Gasteiger partial charge >= 0.3 is 0 Å². The second-order valence-corrected chi connectivity index (χ2v) is 14.5. The normalized spacial score (nSPS) is 19.3. The van der Waals surface area contributed by atoms with E-state index in [0.29, 0.717) is 17.0 Å². The second-order valence-electron chi connectivity index (χ2n) is 14.5. The predicted octanol–water partition coefficient (Wildman–Crippen LogP) is 6.51. The van der Waals surface area contributed by atoms with Crippen LogP contribution in [-0.4, -0.2) is 64.2 Å². The van der Waals surface area contributed by atoms with E-state index < -0.39 is 23.8 Å². The molecule has 4 aliphatic rings. The van der Waals surface area contributed by atoms with Gasteiger partial charge in [0, 0.05) is 44.8 Å². The Hall–Kier alpha value is -5.80. The standard InChI is InChI=1S/C43H38N4O5/c48-33-11-13-35-29(20-33)8-12-34(27-4-2-1-3-5-27)40(35)28-6-9-32(10-7-28)46-18-16-26(17-19-46)23-45-24-30-21-36-37(22-31(30)25-45)43(52)47(42(36)51)38-14-15-39(49)44-41(38)50/h1-13,20-22,26,38,48H,14-19,23-25H2,(H,44,49,50). The van der Waals surface area contributed by atoms with Gasteiger partial charge in [-0.15, -0.1) is 0 Å². The van der Waals surface area contributed by atoms with Crippen LogP contribution in [-0.2, 0) is 22.7 Å². The van der Waals surface area contributed by atoms with Gasteiger partial charge in [0.15, 0.2) is 0 Å². The van der Waals surface area contributed by atoms with Crippen molar-refractivity contribution in [2.75, 3.05) is 24.5 Å². The van der Waals surface area contributed by atoms with Gasteiger partial charge in [-0.25, -0.2) is 0 Å². The number of carbonyl (C=O) groups is 4. The lowest BCUT2D eigenvalue weighted by atomic mass is 9.89. The van der Waals surface area contributed by atoms with E-state index in [4.69, 9.17) is 0 Å². The highest BCUT2D eigenvalue weighted by Crippen LogP contribution is 2.40. The summed E-state index contributed by atoms with van der Waals surface area (Å²) in [5, 5.41) is 14.5. The van der Waals surface area contributed by atoms with Crippen LogP contribution in [0.3, 0.4) is 0 Å². The molecule has 9 heteroatoms. The molecule has 4 heterocycles. The topological polar surface area (TPSA) is 110 Å². The van der Waals surface area contributed by atoms with Crippen LogP contribution in [0, 0.1) is 5.92 Å². The molecule has 0 aliphatic carbocycles. The maximum absolute atomic E-state index is 13.3. The molecule has 0 aromatic heterocycles. The molecule has 0 radical (unpaired) electrons. The molecule has 2 saturated heterocycles. The first-order valence-corrected chi connectivity index (χ1v) is 18.1. The number of phenolic OH excluding ortho intramolecular Hbond substituents is 1. The summed E-state index contributed by atoms with van der Waals surface area (Å²) >= 11 is 0. The Kier molecular flexibility index (Phi) is 7.88. The molecule has 0 bridgehead atoms. The molecular weight excluding hydrogens is 652 g/mol. The Balaban J connectivity index is 0.851. The zero-order chi connectivity index (χ0) is 35.5. The van der Waals surface area contributed by atoms with E-state index in [1.807, 2.05) is 30.3 Å². The van der Waals surface area contributed by atoms with Crippen molar-refractivity contribution in [2.45, 2.75) is 44.8 Å². The third kappa shape index (κ3) is 5.62. The maximum atomic E-state index is 13.3. The lowest BCUT2D eigenvalue weighted by molar-refractivity contribution is -0.136. The van der Waals surface area contributed by atoms with Crippen molar-refractivity contribution < 1.29 is 24.3 Å². The van der Waals surface area contributed by atoms with Crippen LogP contribution in [0.4, 0.5) is 5.69 Å². The zero-order valence-electron chi connectivity index (χ0n) is 28.7. The van der Waals surface area contributed by atoms with E-state index >= 15 is 0 Å². The van der Waals surface area contributed by atoms with Gasteiger partial charge in [-0.1, -0.05) is 60.7 Å². The third-order valence-electron chi connectivity index (χ3n) is 11.3. The fourth-order valence-electron chi connectivity index (χ4n) is 8.63. The molecule has 1 unspecified atom stereocenters. The number of rotatable bonds is 6. The summed E-state index contributed by atoms with van der Waals surface area (Å²) in [6.07, 6.45) is 2.42. The van der Waals surface area contributed by atoms with E-state index in [1.54, 1.807) is 6.07 Å². The van der Waals surface area contributed by atoms with Gasteiger partial charge in [-0.05, 0) is 106 Å². The van der Waals surface area contributed by atoms with Gasteiger partial charge in [0.2, 0.25) is 11.8 Å². The number of aromatic hydroxyl groups is 1.